The third-order valence-corrected chi connectivity index (χ3v) is 5.69. The standard InChI is InChI=1S/C24H24ClF4N5O4/c1-34(23(35)31-10-15-5-3-7-18(27)22(15)25)17(11-30-12-20(28)29)13-37-24(36)32-21-9-19(33-38-21)14-4-2-6-16(26)8-14/h2-9,17,20,30H,10-13H2,1H3,(H,31,35)(H,32,36)/t17-/m0/s1. The highest BCUT2D eigenvalue weighted by molar-refractivity contribution is 6.31. The van der Waals surface area contributed by atoms with Crippen molar-refractivity contribution < 1.29 is 36.4 Å². The molecule has 3 aromatic rings. The second kappa shape index (κ2) is 13.6. The van der Waals surface area contributed by atoms with Crippen molar-refractivity contribution in [1.29, 1.82) is 0 Å². The van der Waals surface area contributed by atoms with Gasteiger partial charge in [0.15, 0.2) is 0 Å². The predicted molar refractivity (Wildman–Crippen MR) is 131 cm³/mol. The first-order valence-electron chi connectivity index (χ1n) is 11.2. The maximum absolute atomic E-state index is 13.6. The summed E-state index contributed by atoms with van der Waals surface area (Å²) in [5, 5.41) is 11.0. The summed E-state index contributed by atoms with van der Waals surface area (Å²) in [6.45, 7) is -1.25. The van der Waals surface area contributed by atoms with Crippen LogP contribution in [0.5, 0.6) is 0 Å². The number of anilines is 1. The first-order valence-corrected chi connectivity index (χ1v) is 11.6. The van der Waals surface area contributed by atoms with Crippen molar-refractivity contribution in [1.82, 2.24) is 20.7 Å². The number of alkyl halides is 2. The molecule has 0 aliphatic rings. The number of likely N-dealkylation sites (N-methyl/N-ethyl adjacent to an activating group) is 1. The minimum Gasteiger partial charge on any atom is -0.447 e. The summed E-state index contributed by atoms with van der Waals surface area (Å²) in [5.41, 5.74) is 1.03. The van der Waals surface area contributed by atoms with Gasteiger partial charge in [0.1, 0.15) is 23.9 Å². The summed E-state index contributed by atoms with van der Waals surface area (Å²) in [4.78, 5) is 26.1. The summed E-state index contributed by atoms with van der Waals surface area (Å²) in [7, 11) is 1.38. The second-order valence-electron chi connectivity index (χ2n) is 8.00. The summed E-state index contributed by atoms with van der Waals surface area (Å²) < 4.78 is 62.4. The van der Waals surface area contributed by atoms with Crippen molar-refractivity contribution >= 4 is 29.6 Å². The van der Waals surface area contributed by atoms with Crippen LogP contribution in [0.3, 0.4) is 0 Å². The number of halogens is 5. The van der Waals surface area contributed by atoms with Crippen LogP contribution in [0.15, 0.2) is 53.1 Å². The summed E-state index contributed by atoms with van der Waals surface area (Å²) >= 11 is 5.90. The average Bonchev–Trinajstić information content (AvgIpc) is 3.34. The molecule has 204 valence electrons. The number of benzene rings is 2. The van der Waals surface area contributed by atoms with Crippen LogP contribution in [0.1, 0.15) is 5.56 Å². The largest absolute Gasteiger partial charge is 0.447 e. The van der Waals surface area contributed by atoms with E-state index < -0.39 is 42.8 Å². The highest BCUT2D eigenvalue weighted by Crippen LogP contribution is 2.22. The highest BCUT2D eigenvalue weighted by Gasteiger charge is 2.23. The van der Waals surface area contributed by atoms with Gasteiger partial charge in [0.25, 0.3) is 6.43 Å². The molecule has 2 aromatic carbocycles. The molecule has 38 heavy (non-hydrogen) atoms. The van der Waals surface area contributed by atoms with E-state index in [2.05, 4.69) is 21.1 Å². The Balaban J connectivity index is 1.57. The lowest BCUT2D eigenvalue weighted by molar-refractivity contribution is 0.109. The quantitative estimate of drug-likeness (QED) is 0.290. The van der Waals surface area contributed by atoms with Crippen molar-refractivity contribution in [2.45, 2.75) is 19.0 Å². The Labute approximate surface area is 220 Å². The number of aromatic nitrogens is 1. The molecule has 0 bridgehead atoms. The number of carbonyl (C=O) groups is 2. The number of urea groups is 1. The maximum Gasteiger partial charge on any atom is 0.414 e. The summed E-state index contributed by atoms with van der Waals surface area (Å²) in [6, 6.07) is 9.58. The van der Waals surface area contributed by atoms with E-state index in [0.717, 1.165) is 4.90 Å². The van der Waals surface area contributed by atoms with E-state index in [9.17, 15) is 27.2 Å². The van der Waals surface area contributed by atoms with Gasteiger partial charge in [0.05, 0.1) is 17.6 Å². The van der Waals surface area contributed by atoms with Gasteiger partial charge in [-0.2, -0.15) is 0 Å². The van der Waals surface area contributed by atoms with E-state index in [-0.39, 0.29) is 36.3 Å². The van der Waals surface area contributed by atoms with E-state index in [1.807, 2.05) is 0 Å². The zero-order valence-corrected chi connectivity index (χ0v) is 20.8. The minimum atomic E-state index is -2.63. The Hall–Kier alpha value is -3.84. The van der Waals surface area contributed by atoms with Gasteiger partial charge in [-0.25, -0.2) is 27.2 Å². The van der Waals surface area contributed by atoms with E-state index in [0.29, 0.717) is 11.1 Å². The van der Waals surface area contributed by atoms with Crippen LogP contribution >= 0.6 is 11.6 Å². The van der Waals surface area contributed by atoms with Gasteiger partial charge < -0.3 is 24.8 Å². The molecule has 3 rings (SSSR count). The van der Waals surface area contributed by atoms with Crippen molar-refractivity contribution in [2.24, 2.45) is 0 Å². The van der Waals surface area contributed by atoms with E-state index in [1.165, 1.54) is 49.5 Å². The molecule has 14 heteroatoms. The zero-order valence-electron chi connectivity index (χ0n) is 20.0. The molecule has 9 nitrogen and oxygen atoms in total. The molecule has 0 saturated heterocycles. The van der Waals surface area contributed by atoms with E-state index in [1.54, 1.807) is 6.07 Å². The van der Waals surface area contributed by atoms with Gasteiger partial charge in [0.2, 0.25) is 5.88 Å². The first-order chi connectivity index (χ1) is 18.1. The third kappa shape index (κ3) is 8.35. The number of nitrogens with one attached hydrogen (secondary N) is 3. The van der Waals surface area contributed by atoms with Crippen molar-refractivity contribution in [3.05, 3.63) is 70.8 Å². The molecule has 0 fully saturated rings. The van der Waals surface area contributed by atoms with Crippen molar-refractivity contribution in [2.75, 3.05) is 32.1 Å². The number of carbonyl (C=O) groups excluding carboxylic acids is 2. The lowest BCUT2D eigenvalue weighted by Gasteiger charge is -2.28. The van der Waals surface area contributed by atoms with Crippen LogP contribution in [-0.4, -0.2) is 61.4 Å². The van der Waals surface area contributed by atoms with Gasteiger partial charge >= 0.3 is 12.1 Å². The Morgan fingerprint density at radius 3 is 2.63 bits per heavy atom. The molecule has 0 radical (unpaired) electrons. The van der Waals surface area contributed by atoms with Gasteiger partial charge in [-0.3, -0.25) is 5.32 Å². The molecule has 1 heterocycles. The average molecular weight is 558 g/mol. The topological polar surface area (TPSA) is 109 Å². The number of nitrogens with zero attached hydrogens (tertiary/aromatic N) is 2. The van der Waals surface area contributed by atoms with Crippen LogP contribution in [0.4, 0.5) is 33.0 Å². The number of hydrogen-bond donors (Lipinski definition) is 3. The van der Waals surface area contributed by atoms with Crippen molar-refractivity contribution in [3.8, 4) is 11.3 Å². The second-order valence-corrected chi connectivity index (χ2v) is 8.37. The van der Waals surface area contributed by atoms with Gasteiger partial charge in [-0.1, -0.05) is 41.0 Å². The van der Waals surface area contributed by atoms with Crippen LogP contribution in [0.25, 0.3) is 11.3 Å². The van der Waals surface area contributed by atoms with E-state index in [4.69, 9.17) is 20.9 Å². The molecule has 1 atom stereocenters. The Bertz CT molecular complexity index is 1250. The van der Waals surface area contributed by atoms with Crippen LogP contribution < -0.4 is 16.0 Å². The smallest absolute Gasteiger partial charge is 0.414 e. The Morgan fingerprint density at radius 1 is 1.13 bits per heavy atom. The molecule has 3 amide bonds. The fourth-order valence-corrected chi connectivity index (χ4v) is 3.43. The van der Waals surface area contributed by atoms with Crippen LogP contribution in [-0.2, 0) is 11.3 Å². The molecule has 0 spiro atoms. The number of rotatable bonds is 11. The van der Waals surface area contributed by atoms with E-state index >= 15 is 0 Å². The monoisotopic (exact) mass is 557 g/mol. The summed E-state index contributed by atoms with van der Waals surface area (Å²) in [6.07, 6.45) is -3.60. The van der Waals surface area contributed by atoms with Gasteiger partial charge in [-0.05, 0) is 23.8 Å². The van der Waals surface area contributed by atoms with Gasteiger partial charge in [-0.15, -0.1) is 0 Å². The lowest BCUT2D eigenvalue weighted by Crippen LogP contribution is -2.50. The Morgan fingerprint density at radius 2 is 1.89 bits per heavy atom. The van der Waals surface area contributed by atoms with Crippen LogP contribution in [0, 0.1) is 11.6 Å². The normalized spacial score (nSPS) is 11.8. The molecule has 3 N–H and O–H groups in total. The Kier molecular flexibility index (Phi) is 10.3. The fourth-order valence-electron chi connectivity index (χ4n) is 3.24. The molecule has 0 saturated carbocycles. The minimum absolute atomic E-state index is 0.0836. The molecule has 0 unspecified atom stereocenters. The molecule has 1 aromatic heterocycles. The van der Waals surface area contributed by atoms with Gasteiger partial charge in [0, 0.05) is 31.8 Å². The fraction of sp³-hybridized carbons (Fsp3) is 0.292. The number of hydrogen-bond acceptors (Lipinski definition) is 6. The SMILES string of the molecule is CN(C(=O)NCc1cccc(F)c1Cl)[C@@H](CNCC(F)F)COC(=O)Nc1cc(-c2cccc(F)c2)no1. The van der Waals surface area contributed by atoms with Crippen molar-refractivity contribution in [3.63, 3.8) is 0 Å². The first kappa shape index (κ1) is 28.7. The number of amides is 3. The maximum atomic E-state index is 13.6. The number of ether oxygens (including phenoxy) is 1. The molecule has 0 aliphatic heterocycles. The molecular weight excluding hydrogens is 534 g/mol. The zero-order chi connectivity index (χ0) is 27.7. The predicted octanol–water partition coefficient (Wildman–Crippen LogP) is 4.89. The lowest BCUT2D eigenvalue weighted by atomic mass is 10.1. The summed E-state index contributed by atoms with van der Waals surface area (Å²) in [5.74, 6) is -1.20. The van der Waals surface area contributed by atoms with Crippen LogP contribution in [0.2, 0.25) is 5.02 Å². The highest BCUT2D eigenvalue weighted by atomic mass is 35.5. The molecule has 0 aliphatic carbocycles. The third-order valence-electron chi connectivity index (χ3n) is 5.27. The molecular formula is C24H24ClF4N5O4.